The van der Waals surface area contributed by atoms with Crippen molar-refractivity contribution in [1.29, 1.82) is 0 Å². The molecule has 1 heterocycles. The minimum absolute atomic E-state index is 0.0351. The number of hydrogen-bond donors (Lipinski definition) is 0. The molecule has 0 N–H and O–H groups in total. The lowest BCUT2D eigenvalue weighted by Crippen LogP contribution is -2.26. The van der Waals surface area contributed by atoms with Crippen LogP contribution in [0.15, 0.2) is 108 Å². The monoisotopic (exact) mass is 457 g/mol. The molecular weight excluding hydrogens is 422 g/mol. The molecule has 0 radical (unpaired) electrons. The number of allylic oxidation sites excluding steroid dienone is 6. The molecule has 3 aromatic rings. The summed E-state index contributed by atoms with van der Waals surface area (Å²) in [6.45, 7) is 4.73. The standard InChI is InChI=1S/C34H35N/c1-25-27-16-7-8-17-29(27)33(2,24-26-14-5-4-6-15-26)28(25)19-13-21-32-34(22-11-12-23-34)30-18-9-10-20-31(30)35(32)3/h4-10,13-21H,11-12,22-24H2,1-3H3/b19-13+,32-21+. The zero-order valence-corrected chi connectivity index (χ0v) is 21.2. The lowest BCUT2D eigenvalue weighted by atomic mass is 9.74. The fraction of sp³-hybridized carbons (Fsp3) is 0.294. The summed E-state index contributed by atoms with van der Waals surface area (Å²) in [6.07, 6.45) is 13.3. The van der Waals surface area contributed by atoms with Crippen molar-refractivity contribution in [2.75, 3.05) is 11.9 Å². The Morgan fingerprint density at radius 2 is 1.49 bits per heavy atom. The van der Waals surface area contributed by atoms with E-state index in [-0.39, 0.29) is 10.8 Å². The van der Waals surface area contributed by atoms with Crippen molar-refractivity contribution in [2.24, 2.45) is 0 Å². The molecule has 1 nitrogen and oxygen atoms in total. The third-order valence-electron chi connectivity index (χ3n) is 8.93. The summed E-state index contributed by atoms with van der Waals surface area (Å²) >= 11 is 0. The number of anilines is 1. The zero-order valence-electron chi connectivity index (χ0n) is 21.2. The van der Waals surface area contributed by atoms with E-state index in [1.165, 1.54) is 70.5 Å². The molecule has 3 aliphatic rings. The third-order valence-corrected chi connectivity index (χ3v) is 8.93. The van der Waals surface area contributed by atoms with Crippen molar-refractivity contribution in [3.8, 4) is 0 Å². The van der Waals surface area contributed by atoms with Gasteiger partial charge >= 0.3 is 0 Å². The second-order valence-corrected chi connectivity index (χ2v) is 10.9. The molecule has 1 unspecified atom stereocenters. The number of fused-ring (bicyclic) bond motifs is 3. The second kappa shape index (κ2) is 8.41. The highest BCUT2D eigenvalue weighted by molar-refractivity contribution is 5.81. The van der Waals surface area contributed by atoms with Gasteiger partial charge in [0.2, 0.25) is 0 Å². The number of likely N-dealkylation sites (N-methyl/N-ethyl adjacent to an activating group) is 1. The lowest BCUT2D eigenvalue weighted by molar-refractivity contribution is 0.536. The van der Waals surface area contributed by atoms with Crippen LogP contribution in [0.4, 0.5) is 5.69 Å². The van der Waals surface area contributed by atoms with Gasteiger partial charge in [0.15, 0.2) is 0 Å². The van der Waals surface area contributed by atoms with Crippen LogP contribution in [0, 0.1) is 0 Å². The van der Waals surface area contributed by atoms with Crippen LogP contribution in [0.1, 0.15) is 61.8 Å². The number of nitrogens with zero attached hydrogens (tertiary/aromatic N) is 1. The highest BCUT2D eigenvalue weighted by Gasteiger charge is 2.47. The van der Waals surface area contributed by atoms with E-state index in [9.17, 15) is 0 Å². The van der Waals surface area contributed by atoms with Gasteiger partial charge in [-0.25, -0.2) is 0 Å². The van der Waals surface area contributed by atoms with Crippen LogP contribution in [0.5, 0.6) is 0 Å². The van der Waals surface area contributed by atoms with Gasteiger partial charge in [-0.15, -0.1) is 0 Å². The topological polar surface area (TPSA) is 3.24 Å². The first-order chi connectivity index (χ1) is 17.0. The second-order valence-electron chi connectivity index (χ2n) is 10.9. The molecule has 3 aromatic carbocycles. The molecule has 1 spiro atoms. The number of benzene rings is 3. The van der Waals surface area contributed by atoms with Gasteiger partial charge < -0.3 is 4.90 Å². The Bertz CT molecular complexity index is 1350. The highest BCUT2D eigenvalue weighted by atomic mass is 15.2. The number of para-hydroxylation sites is 1. The van der Waals surface area contributed by atoms with Gasteiger partial charge in [-0.05, 0) is 71.7 Å². The van der Waals surface area contributed by atoms with E-state index in [0.29, 0.717) is 0 Å². The first kappa shape index (κ1) is 22.2. The maximum absolute atomic E-state index is 2.44. The average molecular weight is 458 g/mol. The van der Waals surface area contributed by atoms with Crippen LogP contribution >= 0.6 is 0 Å². The smallest absolute Gasteiger partial charge is 0.0448 e. The molecular formula is C34H35N. The highest BCUT2D eigenvalue weighted by Crippen LogP contribution is 2.56. The van der Waals surface area contributed by atoms with Crippen molar-refractivity contribution in [3.05, 3.63) is 131 Å². The summed E-state index contributed by atoms with van der Waals surface area (Å²) in [7, 11) is 2.25. The summed E-state index contributed by atoms with van der Waals surface area (Å²) in [5.41, 5.74) is 11.6. The van der Waals surface area contributed by atoms with Gasteiger partial charge in [-0.1, -0.05) is 105 Å². The van der Waals surface area contributed by atoms with E-state index >= 15 is 0 Å². The van der Waals surface area contributed by atoms with Crippen LogP contribution in [0.2, 0.25) is 0 Å². The van der Waals surface area contributed by atoms with E-state index in [1.807, 2.05) is 0 Å². The van der Waals surface area contributed by atoms with E-state index in [2.05, 4.69) is 123 Å². The van der Waals surface area contributed by atoms with Crippen molar-refractivity contribution in [2.45, 2.75) is 56.8 Å². The maximum Gasteiger partial charge on any atom is 0.0448 e. The van der Waals surface area contributed by atoms with Crippen molar-refractivity contribution < 1.29 is 0 Å². The van der Waals surface area contributed by atoms with Gasteiger partial charge in [0.05, 0.1) is 0 Å². The predicted molar refractivity (Wildman–Crippen MR) is 149 cm³/mol. The molecule has 176 valence electrons. The number of rotatable bonds is 4. The van der Waals surface area contributed by atoms with Crippen molar-refractivity contribution in [1.82, 2.24) is 0 Å². The lowest BCUT2D eigenvalue weighted by Gasteiger charge is -2.29. The van der Waals surface area contributed by atoms with E-state index in [0.717, 1.165) is 6.42 Å². The fourth-order valence-electron chi connectivity index (χ4n) is 7.27. The Morgan fingerprint density at radius 3 is 2.26 bits per heavy atom. The van der Waals surface area contributed by atoms with Crippen LogP contribution in [-0.4, -0.2) is 7.05 Å². The van der Waals surface area contributed by atoms with Crippen molar-refractivity contribution in [3.63, 3.8) is 0 Å². The van der Waals surface area contributed by atoms with Crippen LogP contribution in [-0.2, 0) is 17.3 Å². The third kappa shape index (κ3) is 3.36. The van der Waals surface area contributed by atoms with E-state index in [4.69, 9.17) is 0 Å². The van der Waals surface area contributed by atoms with Gasteiger partial charge in [0.25, 0.3) is 0 Å². The Kier molecular flexibility index (Phi) is 5.33. The Balaban J connectivity index is 1.40. The molecule has 1 aliphatic heterocycles. The zero-order chi connectivity index (χ0) is 24.0. The minimum Gasteiger partial charge on any atom is -0.347 e. The Morgan fingerprint density at radius 1 is 0.829 bits per heavy atom. The largest absolute Gasteiger partial charge is 0.347 e. The molecule has 1 saturated carbocycles. The molecule has 1 atom stereocenters. The van der Waals surface area contributed by atoms with Crippen molar-refractivity contribution >= 4 is 11.3 Å². The van der Waals surface area contributed by atoms with Gasteiger partial charge in [-0.3, -0.25) is 0 Å². The Hall–Kier alpha value is -3.32. The fourth-order valence-corrected chi connectivity index (χ4v) is 7.27. The average Bonchev–Trinajstić information content (AvgIpc) is 3.52. The summed E-state index contributed by atoms with van der Waals surface area (Å²) in [4.78, 5) is 2.44. The summed E-state index contributed by atoms with van der Waals surface area (Å²) < 4.78 is 0. The molecule has 2 aliphatic carbocycles. The molecule has 0 saturated heterocycles. The molecule has 6 rings (SSSR count). The maximum atomic E-state index is 2.44. The molecule has 0 amide bonds. The van der Waals surface area contributed by atoms with Gasteiger partial charge in [0, 0.05) is 29.3 Å². The molecule has 0 bridgehead atoms. The predicted octanol–water partition coefficient (Wildman–Crippen LogP) is 8.38. The molecule has 1 fully saturated rings. The SMILES string of the molecule is CC1=C(/C=C/C=C2/N(C)c3ccccc3C23CCCC3)C(C)(Cc2ccccc2)c2ccccc21. The van der Waals surface area contributed by atoms with Crippen LogP contribution < -0.4 is 4.90 Å². The molecule has 0 aromatic heterocycles. The Labute approximate surface area is 210 Å². The molecule has 1 heteroatoms. The minimum atomic E-state index is -0.0351. The first-order valence-corrected chi connectivity index (χ1v) is 13.1. The van der Waals surface area contributed by atoms with E-state index in [1.54, 1.807) is 0 Å². The molecule has 35 heavy (non-hydrogen) atoms. The summed E-state index contributed by atoms with van der Waals surface area (Å²) in [5, 5.41) is 0. The van der Waals surface area contributed by atoms with Crippen LogP contribution in [0.25, 0.3) is 5.57 Å². The van der Waals surface area contributed by atoms with Gasteiger partial charge in [0.1, 0.15) is 0 Å². The quantitative estimate of drug-likeness (QED) is 0.380. The normalized spacial score (nSPS) is 23.6. The number of hydrogen-bond acceptors (Lipinski definition) is 1. The van der Waals surface area contributed by atoms with E-state index < -0.39 is 0 Å². The first-order valence-electron chi connectivity index (χ1n) is 13.1. The van der Waals surface area contributed by atoms with Gasteiger partial charge in [-0.2, -0.15) is 0 Å². The summed E-state index contributed by atoms with van der Waals surface area (Å²) in [6, 6.07) is 29.0. The van der Waals surface area contributed by atoms with Crippen LogP contribution in [0.3, 0.4) is 0 Å². The summed E-state index contributed by atoms with van der Waals surface area (Å²) in [5.74, 6) is 0.